The standard InChI is InChI=1S/C30H40ClN7O6S.C20H21Cl2N5O3S.C10H20N2O3.ClH/c1-18-15-38-26(33-27(18)37-16-20(13-21(37)17-39)32-29(41)44-30(2,3)4)14-24(34-38)25-8-6-7-11-36(25)28(40)22-12-19(31)9-10-23(22)35-45(5,42)43;1-12-11-27-18(23-19(12)22)10-16(24-27)17-5-3-4-8-26(17)20(28)14-9-13(21)6-7-15(14)25-31(2,29)30;1-10(2,3)15-9(14)12-7-4-8(6-13)11-5-7;/h9-10,12,14-15,20-21,25,35,39H,6-8,11,13,16-17H2,1-5H3,(H,32,41);6-7,9-11,17,25H,3-5,8H2,1-2H3;7-8,11,13H,4-6H2,1-3H3,(H,12,14);1H/t20-,21-,25-;17-;7-,8-;/m000./s1. The molecule has 32 heteroatoms. The molecule has 10 rings (SSSR count). The van der Waals surface area contributed by atoms with Crippen LogP contribution in [0.25, 0.3) is 11.3 Å². The van der Waals surface area contributed by atoms with Crippen molar-refractivity contribution in [2.24, 2.45) is 0 Å². The van der Waals surface area contributed by atoms with Crippen LogP contribution in [0.1, 0.15) is 148 Å². The summed E-state index contributed by atoms with van der Waals surface area (Å²) in [7, 11) is -7.20. The van der Waals surface area contributed by atoms with Crippen LogP contribution >= 0.6 is 47.2 Å². The smallest absolute Gasteiger partial charge is 0.407 e. The molecule has 6 atom stereocenters. The molecule has 4 aromatic heterocycles. The Bertz CT molecular complexity index is 3850. The third kappa shape index (κ3) is 19.5. The first-order valence-electron chi connectivity index (χ1n) is 29.9. The van der Waals surface area contributed by atoms with Crippen LogP contribution in [0.15, 0.2) is 60.9 Å². The summed E-state index contributed by atoms with van der Waals surface area (Å²) in [6.45, 7) is 16.8. The van der Waals surface area contributed by atoms with Gasteiger partial charge in [-0.25, -0.2) is 45.4 Å². The van der Waals surface area contributed by atoms with Crippen LogP contribution in [0.2, 0.25) is 15.2 Å². The second-order valence-electron chi connectivity index (χ2n) is 25.3. The molecule has 0 saturated carbocycles. The van der Waals surface area contributed by atoms with Gasteiger partial charge in [-0.05, 0) is 143 Å². The first kappa shape index (κ1) is 72.9. The number of aliphatic hydroxyl groups is 2. The van der Waals surface area contributed by atoms with Gasteiger partial charge in [-0.1, -0.05) is 34.8 Å². The average molecular weight is 1400 g/mol. The molecular weight excluding hydrogens is 1310 g/mol. The van der Waals surface area contributed by atoms with E-state index in [2.05, 4.69) is 35.5 Å². The number of fused-ring (bicyclic) bond motifs is 2. The summed E-state index contributed by atoms with van der Waals surface area (Å²) in [6, 6.07) is 11.7. The molecule has 8 heterocycles. The number of aliphatic hydroxyl groups excluding tert-OH is 2. The number of rotatable bonds is 13. The highest BCUT2D eigenvalue weighted by molar-refractivity contribution is 7.92. The van der Waals surface area contributed by atoms with Crippen LogP contribution < -0.4 is 30.3 Å². The molecule has 4 amide bonds. The highest BCUT2D eigenvalue weighted by atomic mass is 35.5. The number of halogens is 4. The normalized spacial score (nSPS) is 20.3. The Hall–Kier alpha value is -6.50. The number of nitrogens with one attached hydrogen (secondary N) is 5. The first-order valence-corrected chi connectivity index (χ1v) is 34.8. The predicted octanol–water partition coefficient (Wildman–Crippen LogP) is 8.63. The number of ether oxygens (including phenoxy) is 2. The van der Waals surface area contributed by atoms with E-state index in [4.69, 9.17) is 59.5 Å². The number of nitrogens with zero attached hydrogens (tertiary/aromatic N) is 9. The Balaban J connectivity index is 0.000000220. The maximum absolute atomic E-state index is 13.9. The third-order valence-electron chi connectivity index (χ3n) is 15.2. The fourth-order valence-corrected chi connectivity index (χ4v) is 13.0. The van der Waals surface area contributed by atoms with Crippen molar-refractivity contribution in [3.05, 3.63) is 110 Å². The Morgan fingerprint density at radius 2 is 1.12 bits per heavy atom. The van der Waals surface area contributed by atoms with Crippen LogP contribution in [0.4, 0.5) is 26.8 Å². The lowest BCUT2D eigenvalue weighted by atomic mass is 9.98. The van der Waals surface area contributed by atoms with Crippen LogP contribution in [0.3, 0.4) is 0 Å². The fourth-order valence-electron chi connectivity index (χ4n) is 11.4. The maximum Gasteiger partial charge on any atom is 0.407 e. The number of carbonyl (C=O) groups is 4. The average Bonchev–Trinajstić information content (AvgIpc) is 1.54. The van der Waals surface area contributed by atoms with Gasteiger partial charge in [0, 0.05) is 84.0 Å². The number of hydrogen-bond acceptors (Lipinski definition) is 18. The number of anilines is 3. The number of amides is 4. The molecule has 4 aliphatic rings. The third-order valence-corrected chi connectivity index (χ3v) is 17.3. The van der Waals surface area contributed by atoms with E-state index in [9.17, 15) is 41.1 Å². The van der Waals surface area contributed by atoms with E-state index in [-0.39, 0.29) is 96.2 Å². The van der Waals surface area contributed by atoms with Gasteiger partial charge in [0.05, 0.1) is 83.8 Å². The maximum atomic E-state index is 13.9. The molecule has 26 nitrogen and oxygen atoms in total. The number of aryl methyl sites for hydroxylation is 2. The molecule has 6 aromatic rings. The van der Waals surface area contributed by atoms with Gasteiger partial charge in [0.1, 0.15) is 22.2 Å². The SMILES string of the molecule is CC(C)(C)OC(=O)N[C@@H]1CN[C@H](CO)C1.Cc1cn2nc([C@@H]3CCCCN3C(=O)c3cc(Cl)ccc3NS(C)(=O)=O)cc2nc1Cl.Cc1cn2nc([C@@H]3CCCCN3C(=O)c3cc(Cl)ccc3NS(C)(=O)=O)cc2nc1N1C[C@@H](NC(=O)OC(C)(C)C)C[C@H]1CO.Cl. The second kappa shape index (κ2) is 30.3. The molecule has 2 aromatic carbocycles. The Kier molecular flexibility index (Phi) is 24.0. The molecule has 4 aliphatic heterocycles. The minimum Gasteiger partial charge on any atom is -0.444 e. The molecule has 0 radical (unpaired) electrons. The van der Waals surface area contributed by atoms with Gasteiger partial charge >= 0.3 is 12.2 Å². The van der Waals surface area contributed by atoms with E-state index in [1.807, 2.05) is 57.8 Å². The lowest BCUT2D eigenvalue weighted by molar-refractivity contribution is 0.0495. The number of piperidine rings is 2. The number of sulfonamides is 2. The van der Waals surface area contributed by atoms with Crippen molar-refractivity contribution in [2.45, 2.75) is 154 Å². The van der Waals surface area contributed by atoms with Crippen LogP contribution in [-0.4, -0.2) is 177 Å². The van der Waals surface area contributed by atoms with E-state index in [1.54, 1.807) is 51.9 Å². The largest absolute Gasteiger partial charge is 0.444 e. The number of carbonyl (C=O) groups excluding carboxylic acids is 4. The van der Waals surface area contributed by atoms with Gasteiger partial charge in [-0.15, -0.1) is 12.4 Å². The quantitative estimate of drug-likeness (QED) is 0.0532. The molecule has 92 heavy (non-hydrogen) atoms. The predicted molar refractivity (Wildman–Crippen MR) is 355 cm³/mol. The summed E-state index contributed by atoms with van der Waals surface area (Å²) < 4.78 is 66.3. The fraction of sp³-hybridized carbons (Fsp3) is 0.533. The Labute approximate surface area is 557 Å². The van der Waals surface area contributed by atoms with Crippen LogP contribution in [0, 0.1) is 13.8 Å². The van der Waals surface area contributed by atoms with Gasteiger partial charge in [0.15, 0.2) is 11.3 Å². The number of likely N-dealkylation sites (tertiary alicyclic amines) is 2. The zero-order valence-electron chi connectivity index (χ0n) is 53.0. The Morgan fingerprint density at radius 3 is 1.57 bits per heavy atom. The highest BCUT2D eigenvalue weighted by Crippen LogP contribution is 2.37. The summed E-state index contributed by atoms with van der Waals surface area (Å²) in [5, 5.41) is 38.3. The van der Waals surface area contributed by atoms with Crippen molar-refractivity contribution in [2.75, 3.05) is 66.2 Å². The number of aromatic nitrogens is 6. The van der Waals surface area contributed by atoms with E-state index in [0.29, 0.717) is 82.7 Å². The highest BCUT2D eigenvalue weighted by Gasteiger charge is 2.38. The molecule has 7 N–H and O–H groups in total. The summed E-state index contributed by atoms with van der Waals surface area (Å²) in [5.74, 6) is 0.0210. The molecule has 0 aliphatic carbocycles. The van der Waals surface area contributed by atoms with E-state index < -0.39 is 43.4 Å². The number of hydrogen-bond donors (Lipinski definition) is 7. The lowest BCUT2D eigenvalue weighted by Gasteiger charge is -2.35. The summed E-state index contributed by atoms with van der Waals surface area (Å²) in [4.78, 5) is 65.9. The molecule has 0 spiro atoms. The number of benzene rings is 2. The van der Waals surface area contributed by atoms with Gasteiger partial charge in [-0.3, -0.25) is 19.0 Å². The van der Waals surface area contributed by atoms with Gasteiger partial charge in [-0.2, -0.15) is 10.2 Å². The molecule has 0 bridgehead atoms. The minimum atomic E-state index is -3.63. The second-order valence-corrected chi connectivity index (χ2v) is 30.0. The van der Waals surface area contributed by atoms with Crippen LogP contribution in [-0.2, 0) is 29.5 Å². The molecule has 4 saturated heterocycles. The molecule has 0 unspecified atom stereocenters. The van der Waals surface area contributed by atoms with E-state index in [1.165, 1.54) is 30.3 Å². The monoisotopic (exact) mass is 1390 g/mol. The first-order chi connectivity index (χ1) is 42.6. The lowest BCUT2D eigenvalue weighted by Crippen LogP contribution is -2.40. The van der Waals surface area contributed by atoms with Crippen molar-refractivity contribution < 1.29 is 55.7 Å². The van der Waals surface area contributed by atoms with Gasteiger partial charge in [0.2, 0.25) is 20.0 Å². The topological polar surface area (TPSA) is 326 Å². The van der Waals surface area contributed by atoms with Crippen molar-refractivity contribution in [1.29, 1.82) is 0 Å². The van der Waals surface area contributed by atoms with E-state index in [0.717, 1.165) is 62.2 Å². The van der Waals surface area contributed by atoms with Crippen molar-refractivity contribution in [1.82, 2.24) is 54.9 Å². The van der Waals surface area contributed by atoms with Crippen molar-refractivity contribution >= 4 is 120 Å². The van der Waals surface area contributed by atoms with Crippen LogP contribution in [0.5, 0.6) is 0 Å². The summed E-state index contributed by atoms with van der Waals surface area (Å²) in [5.41, 5.74) is 3.82. The van der Waals surface area contributed by atoms with Crippen molar-refractivity contribution in [3.8, 4) is 0 Å². The number of alkyl carbamates (subject to hydrolysis) is 2. The van der Waals surface area contributed by atoms with Crippen molar-refractivity contribution in [3.63, 3.8) is 0 Å². The summed E-state index contributed by atoms with van der Waals surface area (Å²) in [6.07, 6.45) is 11.0. The molecular formula is C60H82Cl4N14O12S2. The molecule has 504 valence electrons. The van der Waals surface area contributed by atoms with E-state index >= 15 is 0 Å². The Morgan fingerprint density at radius 1 is 0.652 bits per heavy atom. The zero-order chi connectivity index (χ0) is 66.5. The minimum absolute atomic E-state index is 0. The molecule has 4 fully saturated rings. The zero-order valence-corrected chi connectivity index (χ0v) is 57.7. The van der Waals surface area contributed by atoms with Gasteiger partial charge < -0.3 is 50.3 Å². The van der Waals surface area contributed by atoms with Gasteiger partial charge in [0.25, 0.3) is 11.8 Å². The summed E-state index contributed by atoms with van der Waals surface area (Å²) >= 11 is 18.5.